The molecule has 0 spiro atoms. The molecule has 1 aliphatic carbocycles. The highest BCUT2D eigenvalue weighted by molar-refractivity contribution is 5.44. The summed E-state index contributed by atoms with van der Waals surface area (Å²) < 4.78 is 5.03. The van der Waals surface area contributed by atoms with Crippen molar-refractivity contribution in [2.24, 2.45) is 0 Å². The molecule has 1 aromatic rings. The van der Waals surface area contributed by atoms with Crippen LogP contribution in [0.25, 0.3) is 0 Å². The molecule has 2 heterocycles. The number of nitrogen functional groups attached to an aromatic ring is 1. The highest BCUT2D eigenvalue weighted by atomic mass is 16.5. The first-order valence-electron chi connectivity index (χ1n) is 5.71. The second-order valence-corrected chi connectivity index (χ2v) is 4.47. The molecule has 0 atom stereocenters. The summed E-state index contributed by atoms with van der Waals surface area (Å²) in [7, 11) is 1.57. The molecule has 1 aromatic heterocycles. The number of ether oxygens (including phenoxy) is 1. The van der Waals surface area contributed by atoms with Crippen molar-refractivity contribution in [1.82, 2.24) is 14.9 Å². The minimum Gasteiger partial charge on any atom is -0.467 e. The van der Waals surface area contributed by atoms with E-state index >= 15 is 0 Å². The first-order valence-corrected chi connectivity index (χ1v) is 5.71. The maximum Gasteiger partial charge on any atom is 0.318 e. The Morgan fingerprint density at radius 3 is 2.88 bits per heavy atom. The van der Waals surface area contributed by atoms with Gasteiger partial charge in [0, 0.05) is 31.1 Å². The van der Waals surface area contributed by atoms with Crippen LogP contribution in [-0.2, 0) is 13.0 Å². The third-order valence-electron chi connectivity index (χ3n) is 3.35. The van der Waals surface area contributed by atoms with E-state index in [2.05, 4.69) is 14.9 Å². The third kappa shape index (κ3) is 1.61. The zero-order valence-electron chi connectivity index (χ0n) is 9.44. The summed E-state index contributed by atoms with van der Waals surface area (Å²) in [6, 6.07) is 1.16. The molecule has 0 bridgehead atoms. The topological polar surface area (TPSA) is 64.3 Å². The lowest BCUT2D eigenvalue weighted by molar-refractivity contribution is 0.240. The predicted molar refractivity (Wildman–Crippen MR) is 60.1 cm³/mol. The van der Waals surface area contributed by atoms with Crippen LogP contribution in [0.2, 0.25) is 0 Å². The largest absolute Gasteiger partial charge is 0.467 e. The Labute approximate surface area is 94.6 Å². The molecule has 0 aromatic carbocycles. The molecule has 0 radical (unpaired) electrons. The normalized spacial score (nSPS) is 20.6. The van der Waals surface area contributed by atoms with E-state index in [0.29, 0.717) is 11.8 Å². The predicted octanol–water partition coefficient (Wildman–Crippen LogP) is 0.588. The van der Waals surface area contributed by atoms with E-state index in [0.717, 1.165) is 36.8 Å². The van der Waals surface area contributed by atoms with E-state index in [1.807, 2.05) is 0 Å². The van der Waals surface area contributed by atoms with Gasteiger partial charge in [0.25, 0.3) is 0 Å². The average Bonchev–Trinajstić information content (AvgIpc) is 3.12. The van der Waals surface area contributed by atoms with Crippen LogP contribution in [0.4, 0.5) is 5.82 Å². The fraction of sp³-hybridized carbons (Fsp3) is 0.636. The second-order valence-electron chi connectivity index (χ2n) is 4.47. The number of hydrogen-bond donors (Lipinski definition) is 1. The zero-order valence-corrected chi connectivity index (χ0v) is 9.44. The van der Waals surface area contributed by atoms with Crippen molar-refractivity contribution in [2.45, 2.75) is 31.8 Å². The monoisotopic (exact) mass is 220 g/mol. The number of anilines is 1. The van der Waals surface area contributed by atoms with Gasteiger partial charge in [0.1, 0.15) is 5.82 Å². The highest BCUT2D eigenvalue weighted by Crippen LogP contribution is 2.32. The van der Waals surface area contributed by atoms with Crippen LogP contribution in [0, 0.1) is 0 Å². The maximum atomic E-state index is 5.94. The van der Waals surface area contributed by atoms with Crippen molar-refractivity contribution in [3.63, 3.8) is 0 Å². The minimum absolute atomic E-state index is 0.385. The summed E-state index contributed by atoms with van der Waals surface area (Å²) in [6.45, 7) is 1.98. The lowest BCUT2D eigenvalue weighted by atomic mass is 10.1. The molecule has 1 fully saturated rings. The lowest BCUT2D eigenvalue weighted by Gasteiger charge is -2.28. The van der Waals surface area contributed by atoms with Crippen molar-refractivity contribution < 1.29 is 4.74 Å². The van der Waals surface area contributed by atoms with E-state index in [1.54, 1.807) is 7.11 Å². The third-order valence-corrected chi connectivity index (χ3v) is 3.35. The molecule has 1 aliphatic heterocycles. The second kappa shape index (κ2) is 3.59. The Kier molecular flexibility index (Phi) is 2.21. The van der Waals surface area contributed by atoms with E-state index in [1.165, 1.54) is 12.8 Å². The minimum atomic E-state index is 0.385. The fourth-order valence-electron chi connectivity index (χ4n) is 2.28. The summed E-state index contributed by atoms with van der Waals surface area (Å²) in [4.78, 5) is 11.0. The van der Waals surface area contributed by atoms with Crippen molar-refractivity contribution >= 4 is 5.82 Å². The summed E-state index contributed by atoms with van der Waals surface area (Å²) >= 11 is 0. The summed E-state index contributed by atoms with van der Waals surface area (Å²) in [6.07, 6.45) is 3.60. The van der Waals surface area contributed by atoms with Gasteiger partial charge >= 0.3 is 6.01 Å². The molecule has 86 valence electrons. The van der Waals surface area contributed by atoms with Crippen LogP contribution in [0.3, 0.4) is 0 Å². The number of rotatable bonds is 2. The quantitative estimate of drug-likeness (QED) is 0.790. The molecule has 5 nitrogen and oxygen atoms in total. The van der Waals surface area contributed by atoms with Gasteiger partial charge in [0.05, 0.1) is 12.8 Å². The van der Waals surface area contributed by atoms with Gasteiger partial charge in [-0.15, -0.1) is 0 Å². The molecule has 3 rings (SSSR count). The Bertz CT molecular complexity index is 417. The van der Waals surface area contributed by atoms with Crippen LogP contribution < -0.4 is 10.5 Å². The molecule has 0 saturated heterocycles. The molecular weight excluding hydrogens is 204 g/mol. The SMILES string of the molecule is COc1nc(N)c2c(n1)CCN(C1CC1)C2. The molecule has 1 saturated carbocycles. The molecule has 0 amide bonds. The molecule has 0 unspecified atom stereocenters. The lowest BCUT2D eigenvalue weighted by Crippen LogP contribution is -2.33. The summed E-state index contributed by atoms with van der Waals surface area (Å²) in [5, 5.41) is 0. The number of nitrogens with two attached hydrogens (primary N) is 1. The summed E-state index contributed by atoms with van der Waals surface area (Å²) in [5.74, 6) is 0.576. The standard InChI is InChI=1S/C11H16N4O/c1-16-11-13-9-4-5-15(7-2-3-7)6-8(9)10(12)14-11/h7H,2-6H2,1H3,(H2,12,13,14). The Morgan fingerprint density at radius 1 is 1.38 bits per heavy atom. The zero-order chi connectivity index (χ0) is 11.1. The molecule has 2 N–H and O–H groups in total. The van der Waals surface area contributed by atoms with E-state index in [4.69, 9.17) is 10.5 Å². The first kappa shape index (κ1) is 9.84. The van der Waals surface area contributed by atoms with Gasteiger partial charge in [-0.3, -0.25) is 4.90 Å². The van der Waals surface area contributed by atoms with Crippen LogP contribution in [0.5, 0.6) is 6.01 Å². The fourth-order valence-corrected chi connectivity index (χ4v) is 2.28. The van der Waals surface area contributed by atoms with Gasteiger partial charge in [-0.05, 0) is 12.8 Å². The van der Waals surface area contributed by atoms with Crippen molar-refractivity contribution in [2.75, 3.05) is 19.4 Å². The van der Waals surface area contributed by atoms with E-state index in [-0.39, 0.29) is 0 Å². The van der Waals surface area contributed by atoms with Gasteiger partial charge in [0.2, 0.25) is 0 Å². The first-order chi connectivity index (χ1) is 7.78. The van der Waals surface area contributed by atoms with Crippen molar-refractivity contribution in [3.05, 3.63) is 11.3 Å². The smallest absolute Gasteiger partial charge is 0.318 e. The van der Waals surface area contributed by atoms with E-state index in [9.17, 15) is 0 Å². The van der Waals surface area contributed by atoms with Crippen LogP contribution in [0.15, 0.2) is 0 Å². The van der Waals surface area contributed by atoms with Gasteiger partial charge in [-0.25, -0.2) is 0 Å². The maximum absolute atomic E-state index is 5.94. The van der Waals surface area contributed by atoms with Crippen LogP contribution in [0.1, 0.15) is 24.1 Å². The number of methoxy groups -OCH3 is 1. The van der Waals surface area contributed by atoms with Crippen LogP contribution >= 0.6 is 0 Å². The highest BCUT2D eigenvalue weighted by Gasteiger charge is 2.32. The number of aromatic nitrogens is 2. The van der Waals surface area contributed by atoms with Gasteiger partial charge in [-0.2, -0.15) is 9.97 Å². The van der Waals surface area contributed by atoms with Crippen LogP contribution in [-0.4, -0.2) is 34.6 Å². The Balaban J connectivity index is 1.91. The molecule has 5 heteroatoms. The van der Waals surface area contributed by atoms with Crippen molar-refractivity contribution in [3.8, 4) is 6.01 Å². The molecule has 16 heavy (non-hydrogen) atoms. The number of nitrogens with zero attached hydrogens (tertiary/aromatic N) is 3. The van der Waals surface area contributed by atoms with Gasteiger partial charge in [-0.1, -0.05) is 0 Å². The van der Waals surface area contributed by atoms with E-state index < -0.39 is 0 Å². The summed E-state index contributed by atoms with van der Waals surface area (Å²) in [5.41, 5.74) is 8.10. The Morgan fingerprint density at radius 2 is 2.19 bits per heavy atom. The molecule has 2 aliphatic rings. The van der Waals surface area contributed by atoms with Gasteiger partial charge < -0.3 is 10.5 Å². The Hall–Kier alpha value is -1.36. The molecular formula is C11H16N4O. The van der Waals surface area contributed by atoms with Crippen molar-refractivity contribution in [1.29, 1.82) is 0 Å². The number of hydrogen-bond acceptors (Lipinski definition) is 5. The van der Waals surface area contributed by atoms with Gasteiger partial charge in [0.15, 0.2) is 0 Å². The number of fused-ring (bicyclic) bond motifs is 1. The average molecular weight is 220 g/mol.